The molecule has 1 unspecified atom stereocenters. The molecule has 11 heteroatoms. The van der Waals surface area contributed by atoms with Gasteiger partial charge in [0.2, 0.25) is 11.8 Å². The number of hydrogen-bond acceptors (Lipinski definition) is 6. The Kier molecular flexibility index (Phi) is 7.29. The molecule has 1 N–H and O–H groups in total. The van der Waals surface area contributed by atoms with E-state index in [-0.39, 0.29) is 36.6 Å². The predicted octanol–water partition coefficient (Wildman–Crippen LogP) is 3.78. The molecule has 3 amide bonds. The van der Waals surface area contributed by atoms with Gasteiger partial charge in [0.1, 0.15) is 24.1 Å². The minimum absolute atomic E-state index is 0.129. The van der Waals surface area contributed by atoms with E-state index in [0.717, 1.165) is 36.9 Å². The van der Waals surface area contributed by atoms with Crippen LogP contribution >= 0.6 is 0 Å². The number of benzene rings is 2. The molecule has 3 heterocycles. The normalized spacial score (nSPS) is 22.3. The van der Waals surface area contributed by atoms with Crippen molar-refractivity contribution in [3.05, 3.63) is 59.2 Å². The van der Waals surface area contributed by atoms with Crippen molar-refractivity contribution in [1.29, 1.82) is 0 Å². The van der Waals surface area contributed by atoms with Gasteiger partial charge in [-0.05, 0) is 67.3 Å². The van der Waals surface area contributed by atoms with Gasteiger partial charge in [-0.1, -0.05) is 18.6 Å². The molecule has 2 atom stereocenters. The molecule has 38 heavy (non-hydrogen) atoms. The monoisotopic (exact) mass is 531 g/mol. The molecular formula is C27H28F3N3O5. The van der Waals surface area contributed by atoms with Gasteiger partial charge in [0.05, 0.1) is 0 Å². The molecular weight excluding hydrogens is 503 g/mol. The third-order valence-electron chi connectivity index (χ3n) is 7.23. The third kappa shape index (κ3) is 5.93. The zero-order valence-corrected chi connectivity index (χ0v) is 20.6. The number of nitrogens with one attached hydrogen (secondary N) is 1. The van der Waals surface area contributed by atoms with Gasteiger partial charge < -0.3 is 14.4 Å². The van der Waals surface area contributed by atoms with E-state index in [2.05, 4.69) is 15.0 Å². The number of likely N-dealkylation sites (tertiary alicyclic amines) is 1. The summed E-state index contributed by atoms with van der Waals surface area (Å²) in [6.45, 7) is 2.15. The second-order valence-electron chi connectivity index (χ2n) is 9.84. The van der Waals surface area contributed by atoms with Gasteiger partial charge in [0, 0.05) is 31.1 Å². The fraction of sp³-hybridized carbons (Fsp3) is 0.444. The zero-order chi connectivity index (χ0) is 26.9. The Morgan fingerprint density at radius 1 is 0.974 bits per heavy atom. The fourth-order valence-electron chi connectivity index (χ4n) is 5.32. The largest absolute Gasteiger partial charge is 0.573 e. The van der Waals surface area contributed by atoms with Gasteiger partial charge >= 0.3 is 6.36 Å². The van der Waals surface area contributed by atoms with Gasteiger partial charge in [-0.15, -0.1) is 13.2 Å². The highest BCUT2D eigenvalue weighted by molar-refractivity contribution is 6.05. The van der Waals surface area contributed by atoms with Crippen molar-refractivity contribution >= 4 is 17.7 Å². The number of hydrogen-bond donors (Lipinski definition) is 1. The van der Waals surface area contributed by atoms with Crippen LogP contribution in [0.15, 0.2) is 42.5 Å². The molecule has 3 aliphatic rings. The maximum Gasteiger partial charge on any atom is 0.573 e. The molecule has 0 aliphatic carbocycles. The standard InChI is InChI=1S/C27H28F3N3O5/c28-27(29,30)38-20-6-4-17(5-7-20)14-32-12-2-1-3-19(32)16-37-21-8-9-22-18(13-21)15-33(26(22)36)23-10-11-24(34)31-25(23)35/h4-9,13,19,23H,1-3,10-12,14-16H2,(H,31,34,35)/t19-,23?/m1/s1. The molecule has 5 rings (SSSR count). The first-order chi connectivity index (χ1) is 18.2. The van der Waals surface area contributed by atoms with E-state index in [1.54, 1.807) is 24.3 Å². The molecule has 0 spiro atoms. The summed E-state index contributed by atoms with van der Waals surface area (Å²) in [5.41, 5.74) is 2.19. The van der Waals surface area contributed by atoms with Crippen molar-refractivity contribution in [2.45, 2.75) is 63.6 Å². The summed E-state index contributed by atoms with van der Waals surface area (Å²) in [7, 11) is 0. The van der Waals surface area contributed by atoms with Crippen molar-refractivity contribution in [2.24, 2.45) is 0 Å². The number of rotatable bonds is 7. The molecule has 0 aromatic heterocycles. The minimum Gasteiger partial charge on any atom is -0.492 e. The Labute approximate surface area is 217 Å². The van der Waals surface area contributed by atoms with Crippen LogP contribution in [-0.4, -0.2) is 59.1 Å². The van der Waals surface area contributed by atoms with Crippen LogP contribution in [0.5, 0.6) is 11.5 Å². The Morgan fingerprint density at radius 3 is 2.47 bits per heavy atom. The Balaban J connectivity index is 1.19. The lowest BCUT2D eigenvalue weighted by atomic mass is 10.0. The molecule has 2 aromatic carbocycles. The van der Waals surface area contributed by atoms with Crippen LogP contribution in [0.4, 0.5) is 13.2 Å². The number of halogens is 3. The van der Waals surface area contributed by atoms with Crippen LogP contribution in [0.25, 0.3) is 0 Å². The average Bonchev–Trinajstić information content (AvgIpc) is 3.19. The molecule has 2 fully saturated rings. The first-order valence-electron chi connectivity index (χ1n) is 12.7. The molecule has 0 saturated carbocycles. The topological polar surface area (TPSA) is 88.2 Å². The predicted molar refractivity (Wildman–Crippen MR) is 129 cm³/mol. The summed E-state index contributed by atoms with van der Waals surface area (Å²) in [5, 5.41) is 2.30. The number of fused-ring (bicyclic) bond motifs is 1. The third-order valence-corrected chi connectivity index (χ3v) is 7.23. The number of carbonyl (C=O) groups excluding carboxylic acids is 3. The van der Waals surface area contributed by atoms with E-state index in [4.69, 9.17) is 4.74 Å². The van der Waals surface area contributed by atoms with E-state index in [1.165, 1.54) is 17.0 Å². The lowest BCUT2D eigenvalue weighted by Crippen LogP contribution is -2.52. The van der Waals surface area contributed by atoms with Gasteiger partial charge in [-0.2, -0.15) is 0 Å². The smallest absolute Gasteiger partial charge is 0.492 e. The van der Waals surface area contributed by atoms with Gasteiger partial charge in [0.15, 0.2) is 0 Å². The first-order valence-corrected chi connectivity index (χ1v) is 12.7. The number of nitrogens with zero attached hydrogens (tertiary/aromatic N) is 2. The number of alkyl halides is 3. The van der Waals surface area contributed by atoms with E-state index in [1.807, 2.05) is 6.07 Å². The number of piperidine rings is 2. The van der Waals surface area contributed by atoms with Gasteiger partial charge in [-0.3, -0.25) is 24.6 Å². The minimum atomic E-state index is -4.72. The second kappa shape index (κ2) is 10.6. The fourth-order valence-corrected chi connectivity index (χ4v) is 5.32. The van der Waals surface area contributed by atoms with Crippen LogP contribution in [0.3, 0.4) is 0 Å². The van der Waals surface area contributed by atoms with Gasteiger partial charge in [0.25, 0.3) is 5.91 Å². The van der Waals surface area contributed by atoms with E-state index in [0.29, 0.717) is 30.9 Å². The number of ether oxygens (including phenoxy) is 2. The molecule has 2 aromatic rings. The van der Waals surface area contributed by atoms with E-state index < -0.39 is 18.3 Å². The van der Waals surface area contributed by atoms with E-state index in [9.17, 15) is 27.6 Å². The SMILES string of the molecule is O=C1CCC(N2Cc3cc(OC[C@H]4CCCCN4Cc4ccc(OC(F)(F)F)cc4)ccc3C2=O)C(=O)N1. The number of imide groups is 1. The van der Waals surface area contributed by atoms with Crippen molar-refractivity contribution in [2.75, 3.05) is 13.2 Å². The maximum absolute atomic E-state index is 12.9. The lowest BCUT2D eigenvalue weighted by molar-refractivity contribution is -0.274. The Morgan fingerprint density at radius 2 is 1.74 bits per heavy atom. The summed E-state index contributed by atoms with van der Waals surface area (Å²) >= 11 is 0. The Bertz CT molecular complexity index is 1220. The summed E-state index contributed by atoms with van der Waals surface area (Å²) in [5.74, 6) is -0.618. The summed E-state index contributed by atoms with van der Waals surface area (Å²) < 4.78 is 47.4. The summed E-state index contributed by atoms with van der Waals surface area (Å²) in [6, 6.07) is 10.7. The highest BCUT2D eigenvalue weighted by Gasteiger charge is 2.39. The average molecular weight is 532 g/mol. The molecule has 0 bridgehead atoms. The molecule has 0 radical (unpaired) electrons. The van der Waals surface area contributed by atoms with Crippen LogP contribution in [0.1, 0.15) is 53.6 Å². The molecule has 2 saturated heterocycles. The summed E-state index contributed by atoms with van der Waals surface area (Å²) in [6.07, 6.45) is -1.18. The van der Waals surface area contributed by atoms with Crippen LogP contribution in [0, 0.1) is 0 Å². The van der Waals surface area contributed by atoms with Crippen molar-refractivity contribution in [3.63, 3.8) is 0 Å². The Hall–Kier alpha value is -3.60. The molecule has 8 nitrogen and oxygen atoms in total. The summed E-state index contributed by atoms with van der Waals surface area (Å²) in [4.78, 5) is 40.4. The van der Waals surface area contributed by atoms with Crippen LogP contribution in [0.2, 0.25) is 0 Å². The molecule has 202 valence electrons. The quantitative estimate of drug-likeness (QED) is 0.548. The maximum atomic E-state index is 12.9. The van der Waals surface area contributed by atoms with Crippen molar-refractivity contribution < 1.29 is 37.0 Å². The van der Waals surface area contributed by atoms with Crippen LogP contribution < -0.4 is 14.8 Å². The zero-order valence-electron chi connectivity index (χ0n) is 20.6. The highest BCUT2D eigenvalue weighted by Crippen LogP contribution is 2.31. The second-order valence-corrected chi connectivity index (χ2v) is 9.84. The first kappa shape index (κ1) is 26.0. The number of carbonyl (C=O) groups is 3. The van der Waals surface area contributed by atoms with Crippen molar-refractivity contribution in [1.82, 2.24) is 15.1 Å². The lowest BCUT2D eigenvalue weighted by Gasteiger charge is -2.35. The number of amides is 3. The van der Waals surface area contributed by atoms with Crippen LogP contribution in [-0.2, 0) is 22.7 Å². The van der Waals surface area contributed by atoms with E-state index >= 15 is 0 Å². The van der Waals surface area contributed by atoms with Crippen molar-refractivity contribution in [3.8, 4) is 11.5 Å². The van der Waals surface area contributed by atoms with Gasteiger partial charge in [-0.25, -0.2) is 0 Å². The highest BCUT2D eigenvalue weighted by atomic mass is 19.4. The molecule has 3 aliphatic heterocycles.